The molecule has 2 aromatic heterocycles. The Morgan fingerprint density at radius 2 is 2.04 bits per heavy atom. The normalized spacial score (nSPS) is 11.3. The number of fused-ring (bicyclic) bond motifs is 1. The summed E-state index contributed by atoms with van der Waals surface area (Å²) in [7, 11) is 0. The van der Waals surface area contributed by atoms with Gasteiger partial charge in [-0.1, -0.05) is 36.4 Å². The standard InChI is InChI=1S/C21H17N3O2S/c25-21(24-26)10-7-14-3-5-15(6-4-14)12-20-22-17-9-8-16(13-18(17)23-20)19-2-1-11-27-19/h1-11,13,26H,12H2,(H,22,23)(H,24,25)/b10-7+. The fourth-order valence-corrected chi connectivity index (χ4v) is 3.61. The molecule has 5 nitrogen and oxygen atoms in total. The molecule has 0 aliphatic carbocycles. The van der Waals surface area contributed by atoms with Crippen LogP contribution in [0, 0.1) is 0 Å². The van der Waals surface area contributed by atoms with E-state index in [1.165, 1.54) is 16.5 Å². The van der Waals surface area contributed by atoms with Crippen molar-refractivity contribution in [3.8, 4) is 10.4 Å². The number of aromatic amines is 1. The second kappa shape index (κ2) is 7.57. The molecule has 0 saturated heterocycles. The molecule has 0 aliphatic rings. The molecule has 0 radical (unpaired) electrons. The molecule has 27 heavy (non-hydrogen) atoms. The van der Waals surface area contributed by atoms with Crippen LogP contribution in [0.25, 0.3) is 27.6 Å². The van der Waals surface area contributed by atoms with Crippen molar-refractivity contribution >= 4 is 34.4 Å². The SMILES string of the molecule is O=C(/C=C/c1ccc(Cc2nc3cc(-c4cccs4)ccc3[nH]2)cc1)NO. The molecule has 4 aromatic rings. The van der Waals surface area contributed by atoms with Crippen molar-refractivity contribution < 1.29 is 10.0 Å². The zero-order chi connectivity index (χ0) is 18.6. The minimum atomic E-state index is -0.553. The van der Waals surface area contributed by atoms with Crippen molar-refractivity contribution in [2.45, 2.75) is 6.42 Å². The summed E-state index contributed by atoms with van der Waals surface area (Å²) in [5.74, 6) is 0.361. The van der Waals surface area contributed by atoms with Crippen LogP contribution in [-0.2, 0) is 11.2 Å². The van der Waals surface area contributed by atoms with Crippen LogP contribution >= 0.6 is 11.3 Å². The summed E-state index contributed by atoms with van der Waals surface area (Å²) >= 11 is 1.72. The number of thiophene rings is 1. The second-order valence-electron chi connectivity index (χ2n) is 6.12. The third kappa shape index (κ3) is 3.97. The maximum Gasteiger partial charge on any atom is 0.267 e. The first kappa shape index (κ1) is 17.2. The number of hydroxylamine groups is 1. The van der Waals surface area contributed by atoms with Gasteiger partial charge < -0.3 is 4.98 Å². The Kier molecular flexibility index (Phi) is 4.82. The van der Waals surface area contributed by atoms with E-state index >= 15 is 0 Å². The molecule has 0 fully saturated rings. The van der Waals surface area contributed by atoms with Crippen LogP contribution in [0.4, 0.5) is 0 Å². The number of hydrogen-bond acceptors (Lipinski definition) is 4. The van der Waals surface area contributed by atoms with Gasteiger partial charge in [0, 0.05) is 17.4 Å². The summed E-state index contributed by atoms with van der Waals surface area (Å²) < 4.78 is 0. The van der Waals surface area contributed by atoms with Crippen LogP contribution in [0.2, 0.25) is 0 Å². The van der Waals surface area contributed by atoms with E-state index in [9.17, 15) is 4.79 Å². The minimum Gasteiger partial charge on any atom is -0.342 e. The van der Waals surface area contributed by atoms with Crippen molar-refractivity contribution in [1.29, 1.82) is 0 Å². The Balaban J connectivity index is 1.51. The molecule has 1 amide bonds. The van der Waals surface area contributed by atoms with Gasteiger partial charge in [0.2, 0.25) is 0 Å². The molecular weight excluding hydrogens is 358 g/mol. The maximum atomic E-state index is 11.0. The number of amides is 1. The van der Waals surface area contributed by atoms with E-state index in [1.54, 1.807) is 22.9 Å². The lowest BCUT2D eigenvalue weighted by atomic mass is 10.1. The van der Waals surface area contributed by atoms with Crippen LogP contribution in [0.1, 0.15) is 17.0 Å². The highest BCUT2D eigenvalue weighted by molar-refractivity contribution is 7.13. The fourth-order valence-electron chi connectivity index (χ4n) is 2.89. The highest BCUT2D eigenvalue weighted by Gasteiger charge is 2.06. The first-order valence-electron chi connectivity index (χ1n) is 8.45. The number of nitrogens with one attached hydrogen (secondary N) is 2. The average Bonchev–Trinajstić information content (AvgIpc) is 3.36. The smallest absolute Gasteiger partial charge is 0.267 e. The van der Waals surface area contributed by atoms with Crippen LogP contribution in [0.15, 0.2) is 66.1 Å². The molecule has 6 heteroatoms. The van der Waals surface area contributed by atoms with Gasteiger partial charge in [-0.15, -0.1) is 11.3 Å². The average molecular weight is 375 g/mol. The van der Waals surface area contributed by atoms with Gasteiger partial charge in [0.05, 0.1) is 11.0 Å². The van der Waals surface area contributed by atoms with Gasteiger partial charge in [-0.05, 0) is 46.3 Å². The summed E-state index contributed by atoms with van der Waals surface area (Å²) in [6.45, 7) is 0. The quantitative estimate of drug-likeness (QED) is 0.275. The molecular formula is C21H17N3O2S. The van der Waals surface area contributed by atoms with E-state index < -0.39 is 5.91 Å². The number of H-pyrrole nitrogens is 1. The van der Waals surface area contributed by atoms with Gasteiger partial charge in [-0.2, -0.15) is 0 Å². The number of nitrogens with zero attached hydrogens (tertiary/aromatic N) is 1. The number of carbonyl (C=O) groups excluding carboxylic acids is 1. The van der Waals surface area contributed by atoms with E-state index in [1.807, 2.05) is 24.3 Å². The molecule has 3 N–H and O–H groups in total. The van der Waals surface area contributed by atoms with Crippen LogP contribution < -0.4 is 5.48 Å². The fraction of sp³-hybridized carbons (Fsp3) is 0.0476. The van der Waals surface area contributed by atoms with Crippen molar-refractivity contribution in [3.05, 3.63) is 83.0 Å². The second-order valence-corrected chi connectivity index (χ2v) is 7.07. The molecule has 0 aliphatic heterocycles. The molecule has 0 saturated carbocycles. The topological polar surface area (TPSA) is 78.0 Å². The minimum absolute atomic E-state index is 0.553. The summed E-state index contributed by atoms with van der Waals surface area (Å²) in [6.07, 6.45) is 3.62. The molecule has 4 rings (SSSR count). The summed E-state index contributed by atoms with van der Waals surface area (Å²) in [5, 5.41) is 10.6. The Hall–Kier alpha value is -3.22. The van der Waals surface area contributed by atoms with Crippen molar-refractivity contribution in [3.63, 3.8) is 0 Å². The molecule has 0 bridgehead atoms. The largest absolute Gasteiger partial charge is 0.342 e. The number of benzene rings is 2. The summed E-state index contributed by atoms with van der Waals surface area (Å²) in [4.78, 5) is 20.4. The van der Waals surface area contributed by atoms with Crippen molar-refractivity contribution in [1.82, 2.24) is 15.4 Å². The number of hydrogen-bond donors (Lipinski definition) is 3. The highest BCUT2D eigenvalue weighted by atomic mass is 32.1. The van der Waals surface area contributed by atoms with Crippen molar-refractivity contribution in [2.24, 2.45) is 0 Å². The zero-order valence-electron chi connectivity index (χ0n) is 14.3. The van der Waals surface area contributed by atoms with Gasteiger partial charge in [0.15, 0.2) is 0 Å². The molecule has 0 spiro atoms. The maximum absolute atomic E-state index is 11.0. The third-order valence-electron chi connectivity index (χ3n) is 4.23. The van der Waals surface area contributed by atoms with Crippen LogP contribution in [0.3, 0.4) is 0 Å². The summed E-state index contributed by atoms with van der Waals surface area (Å²) in [6, 6.07) is 18.3. The van der Waals surface area contributed by atoms with E-state index in [0.717, 1.165) is 28.0 Å². The number of rotatable bonds is 5. The molecule has 2 aromatic carbocycles. The van der Waals surface area contributed by atoms with E-state index in [-0.39, 0.29) is 0 Å². The predicted octanol–water partition coefficient (Wildman–Crippen LogP) is 4.40. The highest BCUT2D eigenvalue weighted by Crippen LogP contribution is 2.27. The lowest BCUT2D eigenvalue weighted by Crippen LogP contribution is -2.14. The van der Waals surface area contributed by atoms with Gasteiger partial charge in [0.1, 0.15) is 5.82 Å². The lowest BCUT2D eigenvalue weighted by Gasteiger charge is -1.99. The third-order valence-corrected chi connectivity index (χ3v) is 5.15. The Bertz CT molecular complexity index is 1100. The molecule has 134 valence electrons. The van der Waals surface area contributed by atoms with Gasteiger partial charge in [-0.25, -0.2) is 10.5 Å². The number of imidazole rings is 1. The molecule has 0 unspecified atom stereocenters. The first-order valence-corrected chi connectivity index (χ1v) is 9.33. The van der Waals surface area contributed by atoms with Crippen molar-refractivity contribution in [2.75, 3.05) is 0 Å². The lowest BCUT2D eigenvalue weighted by molar-refractivity contribution is -0.124. The van der Waals surface area contributed by atoms with Crippen LogP contribution in [0.5, 0.6) is 0 Å². The Labute approximate surface area is 160 Å². The molecule has 2 heterocycles. The van der Waals surface area contributed by atoms with E-state index in [0.29, 0.717) is 6.42 Å². The van der Waals surface area contributed by atoms with Gasteiger partial charge in [0.25, 0.3) is 5.91 Å². The molecule has 0 atom stereocenters. The monoisotopic (exact) mass is 375 g/mol. The number of carbonyl (C=O) groups is 1. The van der Waals surface area contributed by atoms with E-state index in [2.05, 4.69) is 40.7 Å². The summed E-state index contributed by atoms with van der Waals surface area (Å²) in [5.41, 5.74) is 6.74. The predicted molar refractivity (Wildman–Crippen MR) is 108 cm³/mol. The van der Waals surface area contributed by atoms with E-state index in [4.69, 9.17) is 10.2 Å². The first-order chi connectivity index (χ1) is 13.2. The van der Waals surface area contributed by atoms with Gasteiger partial charge in [-0.3, -0.25) is 10.0 Å². The zero-order valence-corrected chi connectivity index (χ0v) is 15.2. The Morgan fingerprint density at radius 1 is 1.19 bits per heavy atom. The van der Waals surface area contributed by atoms with Crippen LogP contribution in [-0.4, -0.2) is 21.1 Å². The van der Waals surface area contributed by atoms with Gasteiger partial charge >= 0.3 is 0 Å². The Morgan fingerprint density at radius 3 is 2.78 bits per heavy atom. The number of aromatic nitrogens is 2.